The van der Waals surface area contributed by atoms with Crippen molar-refractivity contribution in [1.82, 2.24) is 4.98 Å². The summed E-state index contributed by atoms with van der Waals surface area (Å²) in [4.78, 5) is 3.36. The number of hydrogen-bond donors (Lipinski definition) is 1. The Morgan fingerprint density at radius 1 is 0.846 bits per heavy atom. The SMILES string of the molecule is Cc1ccc(-c2[nH]c(P(=O)(OC(C)C)OC(C)C)c3ccccc23)cc1. The van der Waals surface area contributed by atoms with Crippen molar-refractivity contribution in [3.63, 3.8) is 0 Å². The topological polar surface area (TPSA) is 51.3 Å². The molecule has 0 saturated heterocycles. The van der Waals surface area contributed by atoms with E-state index in [9.17, 15) is 4.57 Å². The van der Waals surface area contributed by atoms with Crippen LogP contribution in [0.2, 0.25) is 0 Å². The van der Waals surface area contributed by atoms with Gasteiger partial charge in [0.05, 0.1) is 17.9 Å². The van der Waals surface area contributed by atoms with Crippen LogP contribution in [0.15, 0.2) is 48.5 Å². The van der Waals surface area contributed by atoms with Crippen molar-refractivity contribution in [2.75, 3.05) is 0 Å². The lowest BCUT2D eigenvalue weighted by molar-refractivity contribution is 0.150. The van der Waals surface area contributed by atoms with Crippen molar-refractivity contribution in [1.29, 1.82) is 0 Å². The molecule has 26 heavy (non-hydrogen) atoms. The summed E-state index contributed by atoms with van der Waals surface area (Å²) >= 11 is 0. The number of H-pyrrole nitrogens is 1. The Morgan fingerprint density at radius 3 is 1.92 bits per heavy atom. The van der Waals surface area contributed by atoms with Gasteiger partial charge in [0.2, 0.25) is 0 Å². The Bertz CT molecular complexity index is 928. The molecule has 4 nitrogen and oxygen atoms in total. The van der Waals surface area contributed by atoms with Crippen LogP contribution in [0.5, 0.6) is 0 Å². The Morgan fingerprint density at radius 2 is 1.38 bits per heavy atom. The summed E-state index contributed by atoms with van der Waals surface area (Å²) < 4.78 is 25.3. The molecule has 5 heteroatoms. The summed E-state index contributed by atoms with van der Waals surface area (Å²) in [5, 5.41) is 1.87. The number of nitrogens with one attached hydrogen (secondary N) is 1. The van der Waals surface area contributed by atoms with Crippen LogP contribution in [-0.4, -0.2) is 17.2 Å². The summed E-state index contributed by atoms with van der Waals surface area (Å²) in [6, 6.07) is 16.2. The number of aromatic amines is 1. The zero-order valence-electron chi connectivity index (χ0n) is 15.9. The quantitative estimate of drug-likeness (QED) is 0.556. The Kier molecular flexibility index (Phi) is 5.38. The molecule has 138 valence electrons. The van der Waals surface area contributed by atoms with E-state index in [0.717, 1.165) is 22.0 Å². The fourth-order valence-electron chi connectivity index (χ4n) is 3.01. The lowest BCUT2D eigenvalue weighted by Gasteiger charge is -2.22. The Balaban J connectivity index is 2.22. The average Bonchev–Trinajstić information content (AvgIpc) is 2.94. The molecule has 0 saturated carbocycles. The first-order valence-corrected chi connectivity index (χ1v) is 10.5. The minimum atomic E-state index is -3.49. The van der Waals surface area contributed by atoms with Gasteiger partial charge in [-0.05, 0) is 40.2 Å². The maximum Gasteiger partial charge on any atom is 0.378 e. The van der Waals surface area contributed by atoms with Crippen molar-refractivity contribution < 1.29 is 13.6 Å². The van der Waals surface area contributed by atoms with Gasteiger partial charge in [0.1, 0.15) is 5.44 Å². The highest BCUT2D eigenvalue weighted by molar-refractivity contribution is 7.62. The number of hydrogen-bond acceptors (Lipinski definition) is 3. The van der Waals surface area contributed by atoms with Crippen molar-refractivity contribution in [3.8, 4) is 11.3 Å². The molecule has 0 spiro atoms. The molecule has 1 N–H and O–H groups in total. The van der Waals surface area contributed by atoms with E-state index in [2.05, 4.69) is 36.2 Å². The summed E-state index contributed by atoms with van der Waals surface area (Å²) in [7, 11) is -3.49. The van der Waals surface area contributed by atoms with E-state index in [4.69, 9.17) is 9.05 Å². The fraction of sp³-hybridized carbons (Fsp3) is 0.333. The Hall–Kier alpha value is -1.87. The molecule has 3 aromatic rings. The van der Waals surface area contributed by atoms with Crippen LogP contribution >= 0.6 is 7.60 Å². The summed E-state index contributed by atoms with van der Waals surface area (Å²) in [6.07, 6.45) is -0.436. The van der Waals surface area contributed by atoms with Crippen molar-refractivity contribution in [2.24, 2.45) is 0 Å². The second-order valence-corrected chi connectivity index (χ2v) is 8.93. The molecule has 0 unspecified atom stereocenters. The minimum absolute atomic E-state index is 0.218. The van der Waals surface area contributed by atoms with Gasteiger partial charge in [0.25, 0.3) is 0 Å². The molecular weight excluding hydrogens is 345 g/mol. The van der Waals surface area contributed by atoms with Crippen LogP contribution in [0.1, 0.15) is 33.3 Å². The van der Waals surface area contributed by atoms with E-state index in [1.54, 1.807) is 0 Å². The highest BCUT2D eigenvalue weighted by Gasteiger charge is 2.34. The van der Waals surface area contributed by atoms with E-state index in [0.29, 0.717) is 5.44 Å². The monoisotopic (exact) mass is 371 g/mol. The van der Waals surface area contributed by atoms with E-state index < -0.39 is 7.60 Å². The molecule has 0 aliphatic carbocycles. The van der Waals surface area contributed by atoms with Gasteiger partial charge in [-0.25, -0.2) is 0 Å². The van der Waals surface area contributed by atoms with Crippen molar-refractivity contribution >= 4 is 23.8 Å². The largest absolute Gasteiger partial charge is 0.378 e. The highest BCUT2D eigenvalue weighted by Crippen LogP contribution is 2.51. The van der Waals surface area contributed by atoms with Gasteiger partial charge >= 0.3 is 7.60 Å². The third-order valence-corrected chi connectivity index (χ3v) is 6.31. The van der Waals surface area contributed by atoms with Gasteiger partial charge in [-0.15, -0.1) is 0 Å². The average molecular weight is 371 g/mol. The highest BCUT2D eigenvalue weighted by atomic mass is 31.2. The van der Waals surface area contributed by atoms with Gasteiger partial charge in [-0.1, -0.05) is 54.1 Å². The van der Waals surface area contributed by atoms with Gasteiger partial charge in [-0.3, -0.25) is 4.57 Å². The number of rotatable bonds is 6. The minimum Gasteiger partial charge on any atom is -0.347 e. The lowest BCUT2D eigenvalue weighted by atomic mass is 10.1. The third kappa shape index (κ3) is 3.78. The maximum atomic E-state index is 13.7. The molecule has 1 aromatic heterocycles. The first kappa shape index (κ1) is 18.9. The molecule has 0 radical (unpaired) electrons. The standard InChI is InChI=1S/C21H26NO3P/c1-14(2)24-26(23,25-15(3)4)21-19-9-7-6-8-18(19)20(22-21)17-12-10-16(5)11-13-17/h6-15,22H,1-5H3. The normalized spacial score (nSPS) is 12.4. The van der Waals surface area contributed by atoms with E-state index in [-0.39, 0.29) is 12.2 Å². The van der Waals surface area contributed by atoms with E-state index >= 15 is 0 Å². The summed E-state index contributed by atoms with van der Waals surface area (Å²) in [5.74, 6) is 0. The maximum absolute atomic E-state index is 13.7. The second-order valence-electron chi connectivity index (χ2n) is 7.07. The van der Waals surface area contributed by atoms with Gasteiger partial charge < -0.3 is 14.0 Å². The van der Waals surface area contributed by atoms with Crippen LogP contribution in [0.25, 0.3) is 22.0 Å². The fourth-order valence-corrected chi connectivity index (χ4v) is 5.12. The third-order valence-electron chi connectivity index (χ3n) is 4.01. The molecule has 2 aromatic carbocycles. The van der Waals surface area contributed by atoms with Crippen LogP contribution < -0.4 is 5.44 Å². The first-order chi connectivity index (χ1) is 12.3. The molecule has 0 fully saturated rings. The Labute approximate surface area is 155 Å². The zero-order valence-corrected chi connectivity index (χ0v) is 16.8. The number of benzene rings is 2. The van der Waals surface area contributed by atoms with E-state index in [1.807, 2.05) is 52.0 Å². The van der Waals surface area contributed by atoms with E-state index in [1.165, 1.54) is 5.56 Å². The molecule has 1 heterocycles. The lowest BCUT2D eigenvalue weighted by Crippen LogP contribution is -2.18. The van der Waals surface area contributed by atoms with Crippen LogP contribution in [0, 0.1) is 6.92 Å². The van der Waals surface area contributed by atoms with Gasteiger partial charge in [-0.2, -0.15) is 0 Å². The summed E-state index contributed by atoms with van der Waals surface area (Å²) in [6.45, 7) is 9.51. The zero-order chi connectivity index (χ0) is 18.9. The molecule has 0 atom stereocenters. The van der Waals surface area contributed by atoms with Gasteiger partial charge in [0.15, 0.2) is 0 Å². The molecule has 0 aliphatic rings. The number of fused-ring (bicyclic) bond motifs is 1. The predicted molar refractivity (Wildman–Crippen MR) is 108 cm³/mol. The molecular formula is C21H26NO3P. The van der Waals surface area contributed by atoms with Crippen molar-refractivity contribution in [3.05, 3.63) is 54.1 Å². The van der Waals surface area contributed by atoms with Crippen molar-refractivity contribution in [2.45, 2.75) is 46.8 Å². The number of aryl methyl sites for hydroxylation is 1. The smallest absolute Gasteiger partial charge is 0.347 e. The number of aromatic nitrogens is 1. The van der Waals surface area contributed by atoms with Gasteiger partial charge in [0, 0.05) is 10.8 Å². The summed E-state index contributed by atoms with van der Waals surface area (Å²) in [5.41, 5.74) is 3.68. The predicted octanol–water partition coefficient (Wildman–Crippen LogP) is 5.81. The second kappa shape index (κ2) is 7.40. The van der Waals surface area contributed by atoms with Crippen LogP contribution in [-0.2, 0) is 13.6 Å². The van der Waals surface area contributed by atoms with Crippen LogP contribution in [0.4, 0.5) is 0 Å². The molecule has 3 rings (SSSR count). The first-order valence-electron chi connectivity index (χ1n) is 8.95. The molecule has 0 amide bonds. The molecule has 0 bridgehead atoms. The molecule has 0 aliphatic heterocycles. The van der Waals surface area contributed by atoms with Crippen LogP contribution in [0.3, 0.4) is 0 Å².